The van der Waals surface area contributed by atoms with Crippen molar-refractivity contribution < 1.29 is 23.9 Å². The molecule has 0 spiro atoms. The molecule has 1 saturated heterocycles. The third-order valence-electron chi connectivity index (χ3n) is 5.03. The van der Waals surface area contributed by atoms with Crippen LogP contribution in [0.3, 0.4) is 0 Å². The number of hydrogen-bond acceptors (Lipinski definition) is 3. The summed E-state index contributed by atoms with van der Waals surface area (Å²) >= 11 is 12.1. The second-order valence-electron chi connectivity index (χ2n) is 7.20. The van der Waals surface area contributed by atoms with Gasteiger partial charge in [0.05, 0.1) is 29.6 Å². The molecule has 7 heteroatoms. The van der Waals surface area contributed by atoms with E-state index >= 15 is 0 Å². The van der Waals surface area contributed by atoms with E-state index < -0.39 is 23.5 Å². The molecule has 5 nitrogen and oxygen atoms in total. The highest BCUT2D eigenvalue weighted by Gasteiger charge is 2.59. The fourth-order valence-corrected chi connectivity index (χ4v) is 3.77. The zero-order valence-electron chi connectivity index (χ0n) is 14.2. The Morgan fingerprint density at radius 3 is 2.29 bits per heavy atom. The third kappa shape index (κ3) is 3.13. The lowest BCUT2D eigenvalue weighted by Crippen LogP contribution is -2.62. The van der Waals surface area contributed by atoms with Gasteiger partial charge in [-0.25, -0.2) is 4.48 Å². The van der Waals surface area contributed by atoms with Gasteiger partial charge in [-0.15, -0.1) is 0 Å². The molecule has 1 fully saturated rings. The lowest BCUT2D eigenvalue weighted by Gasteiger charge is -2.40. The van der Waals surface area contributed by atoms with Crippen molar-refractivity contribution >= 4 is 35.3 Å². The van der Waals surface area contributed by atoms with Crippen molar-refractivity contribution in [2.75, 3.05) is 20.2 Å². The second kappa shape index (κ2) is 6.54. The Hall–Kier alpha value is -1.30. The van der Waals surface area contributed by atoms with Gasteiger partial charge < -0.3 is 9.84 Å². The Bertz CT molecular complexity index is 671. The maximum absolute atomic E-state index is 12.3. The molecule has 0 aliphatic carbocycles. The number of esters is 1. The summed E-state index contributed by atoms with van der Waals surface area (Å²) in [4.78, 5) is 24.4. The summed E-state index contributed by atoms with van der Waals surface area (Å²) in [5, 5.41) is 10.7. The first-order valence-corrected chi connectivity index (χ1v) is 8.42. The smallest absolute Gasteiger partial charge is 0.469 e. The Labute approximate surface area is 151 Å². The van der Waals surface area contributed by atoms with Gasteiger partial charge in [0.15, 0.2) is 0 Å². The first kappa shape index (κ1) is 19.0. The number of ether oxygens (including phenoxy) is 1. The van der Waals surface area contributed by atoms with E-state index in [0.29, 0.717) is 10.0 Å². The molecule has 0 saturated carbocycles. The topological polar surface area (TPSA) is 63.6 Å². The number of methoxy groups -OCH3 is 1. The second-order valence-corrected chi connectivity index (χ2v) is 8.01. The van der Waals surface area contributed by atoms with Gasteiger partial charge in [-0.2, -0.15) is 4.79 Å². The van der Waals surface area contributed by atoms with E-state index in [1.54, 1.807) is 18.2 Å². The number of benzene rings is 1. The molecule has 1 aliphatic rings. The van der Waals surface area contributed by atoms with Crippen LogP contribution in [0.4, 0.5) is 4.79 Å². The summed E-state index contributed by atoms with van der Waals surface area (Å²) in [5.41, 5.74) is 0.230. The number of nitrogens with zero attached hydrogens (tertiary/aromatic N) is 1. The fraction of sp³-hybridized carbons (Fsp3) is 0.529. The van der Waals surface area contributed by atoms with E-state index in [4.69, 9.17) is 27.9 Å². The number of amides is 1. The first-order chi connectivity index (χ1) is 11.0. The maximum atomic E-state index is 12.3. The molecule has 1 amide bonds. The van der Waals surface area contributed by atoms with Crippen LogP contribution in [-0.2, 0) is 9.53 Å². The summed E-state index contributed by atoms with van der Waals surface area (Å²) in [7, 11) is 1.32. The molecule has 0 aromatic heterocycles. The van der Waals surface area contributed by atoms with E-state index in [-0.39, 0.29) is 23.5 Å². The number of carboxylic acid groups (broad SMARTS) is 1. The molecule has 1 aliphatic heterocycles. The van der Waals surface area contributed by atoms with Crippen LogP contribution in [0.15, 0.2) is 18.2 Å². The van der Waals surface area contributed by atoms with Crippen LogP contribution < -0.4 is 0 Å². The minimum Gasteiger partial charge on any atom is -0.469 e. The third-order valence-corrected chi connectivity index (χ3v) is 5.77. The van der Waals surface area contributed by atoms with Crippen LogP contribution in [0.5, 0.6) is 0 Å². The van der Waals surface area contributed by atoms with Crippen LogP contribution in [-0.4, -0.2) is 47.4 Å². The molecule has 1 heterocycles. The van der Waals surface area contributed by atoms with Crippen molar-refractivity contribution in [1.82, 2.24) is 0 Å². The van der Waals surface area contributed by atoms with Crippen molar-refractivity contribution in [2.24, 2.45) is 5.92 Å². The molecular weight excluding hydrogens is 353 g/mol. The summed E-state index contributed by atoms with van der Waals surface area (Å²) in [6, 6.07) is 5.16. The van der Waals surface area contributed by atoms with Gasteiger partial charge in [0.2, 0.25) is 0 Å². The summed E-state index contributed by atoms with van der Waals surface area (Å²) in [6.45, 7) is 6.07. The largest absolute Gasteiger partial charge is 0.514 e. The van der Waals surface area contributed by atoms with Gasteiger partial charge in [-0.1, -0.05) is 29.3 Å². The predicted octanol–water partition coefficient (Wildman–Crippen LogP) is 4.17. The fourth-order valence-electron chi connectivity index (χ4n) is 3.46. The van der Waals surface area contributed by atoms with Crippen LogP contribution >= 0.6 is 23.2 Å². The Morgan fingerprint density at radius 2 is 1.83 bits per heavy atom. The quantitative estimate of drug-likeness (QED) is 0.622. The molecule has 3 atom stereocenters. The van der Waals surface area contributed by atoms with E-state index in [1.165, 1.54) is 7.11 Å². The normalized spacial score (nSPS) is 27.1. The molecule has 2 rings (SSSR count). The highest BCUT2D eigenvalue weighted by molar-refractivity contribution is 6.42. The number of carbonyl (C=O) groups is 2. The van der Waals surface area contributed by atoms with E-state index in [1.807, 2.05) is 20.8 Å². The molecule has 0 bridgehead atoms. The highest BCUT2D eigenvalue weighted by atomic mass is 35.5. The molecule has 1 aromatic carbocycles. The van der Waals surface area contributed by atoms with Crippen molar-refractivity contribution in [3.63, 3.8) is 0 Å². The standard InChI is InChI=1S/C17H21Cl2NO4/c1-17(2,3)20(16(22)23)8-11(12(9-20)15(21)24-4)10-5-6-13(18)14(19)7-10/h5-7,11-12H,8-9H2,1-4H3/p+1/t11-,12+,20?/m1/s1. The summed E-state index contributed by atoms with van der Waals surface area (Å²) < 4.78 is 4.71. The van der Waals surface area contributed by atoms with Gasteiger partial charge in [0.1, 0.15) is 18.0 Å². The Morgan fingerprint density at radius 1 is 1.21 bits per heavy atom. The summed E-state index contributed by atoms with van der Waals surface area (Å²) in [6.07, 6.45) is -0.945. The predicted molar refractivity (Wildman–Crippen MR) is 92.5 cm³/mol. The van der Waals surface area contributed by atoms with Gasteiger partial charge in [0.25, 0.3) is 0 Å². The molecule has 0 radical (unpaired) electrons. The summed E-state index contributed by atoms with van der Waals surface area (Å²) in [5.74, 6) is -1.26. The van der Waals surface area contributed by atoms with Gasteiger partial charge in [-0.3, -0.25) is 4.79 Å². The molecule has 1 unspecified atom stereocenters. The zero-order valence-corrected chi connectivity index (χ0v) is 15.7. The van der Waals surface area contributed by atoms with Crippen molar-refractivity contribution in [2.45, 2.75) is 32.2 Å². The monoisotopic (exact) mass is 374 g/mol. The molecule has 132 valence electrons. The van der Waals surface area contributed by atoms with Crippen molar-refractivity contribution in [3.05, 3.63) is 33.8 Å². The number of quaternary nitrogens is 1. The lowest BCUT2D eigenvalue weighted by molar-refractivity contribution is -0.893. The van der Waals surface area contributed by atoms with Crippen LogP contribution in [0, 0.1) is 5.92 Å². The average Bonchev–Trinajstić information content (AvgIpc) is 2.91. The van der Waals surface area contributed by atoms with Crippen molar-refractivity contribution in [3.8, 4) is 0 Å². The van der Waals surface area contributed by atoms with Crippen LogP contribution in [0.2, 0.25) is 10.0 Å². The minimum atomic E-state index is -0.945. The van der Waals surface area contributed by atoms with Crippen LogP contribution in [0.25, 0.3) is 0 Å². The lowest BCUT2D eigenvalue weighted by atomic mass is 9.89. The minimum absolute atomic E-state index is 0.177. The molecule has 24 heavy (non-hydrogen) atoms. The number of halogens is 2. The molecular formula is C17H22Cl2NO4+. The SMILES string of the molecule is COC(=O)[C@H]1C[N+](C(=O)O)(C(C)(C)C)C[C@@H]1c1ccc(Cl)c(Cl)c1. The Balaban J connectivity index is 2.53. The van der Waals surface area contributed by atoms with Gasteiger partial charge >= 0.3 is 12.1 Å². The van der Waals surface area contributed by atoms with E-state index in [0.717, 1.165) is 5.56 Å². The number of likely N-dealkylation sites (tertiary alicyclic amines) is 1. The van der Waals surface area contributed by atoms with Gasteiger partial charge in [-0.05, 0) is 38.5 Å². The first-order valence-electron chi connectivity index (χ1n) is 7.67. The Kier molecular flexibility index (Phi) is 5.19. The molecule has 1 aromatic rings. The number of rotatable bonds is 2. The van der Waals surface area contributed by atoms with E-state index in [9.17, 15) is 14.7 Å². The average molecular weight is 375 g/mol. The highest BCUT2D eigenvalue weighted by Crippen LogP contribution is 2.44. The van der Waals surface area contributed by atoms with Crippen LogP contribution in [0.1, 0.15) is 32.3 Å². The van der Waals surface area contributed by atoms with Gasteiger partial charge in [0, 0.05) is 0 Å². The number of hydrogen-bond donors (Lipinski definition) is 1. The van der Waals surface area contributed by atoms with Crippen molar-refractivity contribution in [1.29, 1.82) is 0 Å². The number of carbonyl (C=O) groups excluding carboxylic acids is 1. The zero-order chi connectivity index (χ0) is 18.3. The maximum Gasteiger partial charge on any atom is 0.514 e. The van der Waals surface area contributed by atoms with E-state index in [2.05, 4.69) is 0 Å². The molecule has 1 N–H and O–H groups in total.